The molecule has 0 amide bonds. The molecule has 0 spiro atoms. The molecule has 0 bridgehead atoms. The first-order valence-corrected chi connectivity index (χ1v) is 7.68. The van der Waals surface area contributed by atoms with Crippen LogP contribution in [0.15, 0.2) is 12.4 Å². The van der Waals surface area contributed by atoms with Gasteiger partial charge in [-0.1, -0.05) is 20.8 Å². The van der Waals surface area contributed by atoms with Gasteiger partial charge in [-0.2, -0.15) is 4.98 Å². The Hall–Kier alpha value is -1.62. The monoisotopic (exact) mass is 288 g/mol. The highest BCUT2D eigenvalue weighted by atomic mass is 16.3. The average Bonchev–Trinajstić information content (AvgIpc) is 2.78. The molecule has 0 aliphatic heterocycles. The van der Waals surface area contributed by atoms with Crippen LogP contribution >= 0.6 is 0 Å². The van der Waals surface area contributed by atoms with Crippen LogP contribution in [-0.4, -0.2) is 25.7 Å². The van der Waals surface area contributed by atoms with Crippen molar-refractivity contribution in [3.05, 3.63) is 18.0 Å². The van der Waals surface area contributed by atoms with Gasteiger partial charge in [0.25, 0.3) is 0 Å². The van der Waals surface area contributed by atoms with E-state index in [0.717, 1.165) is 36.7 Å². The Labute approximate surface area is 125 Å². The quantitative estimate of drug-likeness (QED) is 0.846. The number of nitrogens with two attached hydrogens (primary N) is 1. The standard InChI is InChI=1S/C16H24N4O/c1-16(2,3)13-9-20(10-4-6-11(21)7-5-10)14-12(13)8-18-15(17)19-14/h8-11,21H,4-7H2,1-3H3,(H2,17,18,19). The summed E-state index contributed by atoms with van der Waals surface area (Å²) in [6.45, 7) is 6.60. The van der Waals surface area contributed by atoms with Gasteiger partial charge in [0, 0.05) is 23.8 Å². The van der Waals surface area contributed by atoms with Crippen molar-refractivity contribution in [1.82, 2.24) is 14.5 Å². The van der Waals surface area contributed by atoms with E-state index in [1.54, 1.807) is 0 Å². The smallest absolute Gasteiger partial charge is 0.221 e. The molecule has 5 nitrogen and oxygen atoms in total. The highest BCUT2D eigenvalue weighted by molar-refractivity contribution is 5.81. The van der Waals surface area contributed by atoms with E-state index in [1.807, 2.05) is 6.20 Å². The molecule has 0 atom stereocenters. The number of nitrogens with zero attached hydrogens (tertiary/aromatic N) is 3. The van der Waals surface area contributed by atoms with Crippen LogP contribution in [0.2, 0.25) is 0 Å². The minimum Gasteiger partial charge on any atom is -0.393 e. The van der Waals surface area contributed by atoms with Crippen molar-refractivity contribution in [2.45, 2.75) is 64.0 Å². The average molecular weight is 288 g/mol. The van der Waals surface area contributed by atoms with Crippen LogP contribution in [0.1, 0.15) is 58.1 Å². The maximum atomic E-state index is 9.71. The first kappa shape index (κ1) is 14.3. The van der Waals surface area contributed by atoms with Crippen LogP contribution in [0.5, 0.6) is 0 Å². The van der Waals surface area contributed by atoms with E-state index in [4.69, 9.17) is 5.73 Å². The highest BCUT2D eigenvalue weighted by Crippen LogP contribution is 2.36. The van der Waals surface area contributed by atoms with Crippen molar-refractivity contribution in [2.75, 3.05) is 5.73 Å². The van der Waals surface area contributed by atoms with E-state index in [2.05, 4.69) is 41.5 Å². The number of hydrogen-bond acceptors (Lipinski definition) is 4. The van der Waals surface area contributed by atoms with E-state index >= 15 is 0 Å². The molecule has 3 rings (SSSR count). The summed E-state index contributed by atoms with van der Waals surface area (Å²) in [5.74, 6) is 0.318. The van der Waals surface area contributed by atoms with Gasteiger partial charge in [0.2, 0.25) is 5.95 Å². The van der Waals surface area contributed by atoms with Crippen LogP contribution in [0, 0.1) is 0 Å². The van der Waals surface area contributed by atoms with Gasteiger partial charge < -0.3 is 15.4 Å². The number of aliphatic hydroxyl groups excluding tert-OH is 1. The Balaban J connectivity index is 2.11. The van der Waals surface area contributed by atoms with Gasteiger partial charge in [-0.05, 0) is 36.7 Å². The lowest BCUT2D eigenvalue weighted by molar-refractivity contribution is 0.111. The van der Waals surface area contributed by atoms with Crippen molar-refractivity contribution in [1.29, 1.82) is 0 Å². The zero-order chi connectivity index (χ0) is 15.2. The summed E-state index contributed by atoms with van der Waals surface area (Å²) in [6.07, 6.45) is 7.58. The van der Waals surface area contributed by atoms with Gasteiger partial charge in [0.05, 0.1) is 6.10 Å². The lowest BCUT2D eigenvalue weighted by Gasteiger charge is -2.27. The second kappa shape index (κ2) is 4.98. The molecule has 114 valence electrons. The maximum absolute atomic E-state index is 9.71. The number of hydrogen-bond donors (Lipinski definition) is 2. The largest absolute Gasteiger partial charge is 0.393 e. The molecule has 0 aromatic carbocycles. The fourth-order valence-corrected chi connectivity index (χ4v) is 3.25. The van der Waals surface area contributed by atoms with Gasteiger partial charge in [-0.15, -0.1) is 0 Å². The fourth-order valence-electron chi connectivity index (χ4n) is 3.25. The molecular weight excluding hydrogens is 264 g/mol. The topological polar surface area (TPSA) is 77.0 Å². The molecular formula is C16H24N4O. The van der Waals surface area contributed by atoms with E-state index in [9.17, 15) is 5.11 Å². The predicted molar refractivity (Wildman–Crippen MR) is 84.2 cm³/mol. The molecule has 2 aromatic heterocycles. The summed E-state index contributed by atoms with van der Waals surface area (Å²) in [5.41, 5.74) is 8.00. The number of aliphatic hydroxyl groups is 1. The molecule has 1 saturated carbocycles. The third-order valence-electron chi connectivity index (χ3n) is 4.46. The third-order valence-corrected chi connectivity index (χ3v) is 4.46. The van der Waals surface area contributed by atoms with E-state index < -0.39 is 0 Å². The molecule has 2 heterocycles. The first-order valence-electron chi connectivity index (χ1n) is 7.68. The molecule has 21 heavy (non-hydrogen) atoms. The number of anilines is 1. The van der Waals surface area contributed by atoms with Gasteiger partial charge in [-0.3, -0.25) is 0 Å². The molecule has 1 aliphatic carbocycles. The highest BCUT2D eigenvalue weighted by Gasteiger charge is 2.27. The zero-order valence-corrected chi connectivity index (χ0v) is 13.0. The number of nitrogen functional groups attached to an aromatic ring is 1. The Morgan fingerprint density at radius 1 is 1.24 bits per heavy atom. The lowest BCUT2D eigenvalue weighted by Crippen LogP contribution is -2.21. The minimum absolute atomic E-state index is 0.0388. The zero-order valence-electron chi connectivity index (χ0n) is 13.0. The predicted octanol–water partition coefficient (Wildman–Crippen LogP) is 2.79. The minimum atomic E-state index is -0.148. The lowest BCUT2D eigenvalue weighted by atomic mass is 9.87. The van der Waals surface area contributed by atoms with Crippen molar-refractivity contribution >= 4 is 17.0 Å². The van der Waals surface area contributed by atoms with Crippen LogP contribution in [0.25, 0.3) is 11.0 Å². The Morgan fingerprint density at radius 3 is 2.52 bits per heavy atom. The summed E-state index contributed by atoms with van der Waals surface area (Å²) in [7, 11) is 0. The van der Waals surface area contributed by atoms with Gasteiger partial charge in [-0.25, -0.2) is 4.98 Å². The summed E-state index contributed by atoms with van der Waals surface area (Å²) in [6, 6.07) is 0.390. The second-order valence-corrected chi connectivity index (χ2v) is 7.13. The van der Waals surface area contributed by atoms with Crippen molar-refractivity contribution in [2.24, 2.45) is 0 Å². The van der Waals surface area contributed by atoms with Crippen molar-refractivity contribution < 1.29 is 5.11 Å². The Morgan fingerprint density at radius 2 is 1.90 bits per heavy atom. The maximum Gasteiger partial charge on any atom is 0.221 e. The summed E-state index contributed by atoms with van der Waals surface area (Å²) in [5, 5.41) is 10.8. The second-order valence-electron chi connectivity index (χ2n) is 7.13. The van der Waals surface area contributed by atoms with E-state index in [-0.39, 0.29) is 11.5 Å². The van der Waals surface area contributed by atoms with Gasteiger partial charge in [0.15, 0.2) is 0 Å². The van der Waals surface area contributed by atoms with Crippen LogP contribution in [0.3, 0.4) is 0 Å². The Kier molecular flexibility index (Phi) is 3.40. The van der Waals surface area contributed by atoms with Crippen LogP contribution < -0.4 is 5.73 Å². The summed E-state index contributed by atoms with van der Waals surface area (Å²) >= 11 is 0. The summed E-state index contributed by atoms with van der Waals surface area (Å²) in [4.78, 5) is 8.64. The number of aromatic nitrogens is 3. The normalized spacial score (nSPS) is 23.6. The number of fused-ring (bicyclic) bond motifs is 1. The fraction of sp³-hybridized carbons (Fsp3) is 0.625. The Bertz CT molecular complexity index is 648. The van der Waals surface area contributed by atoms with Crippen LogP contribution in [0.4, 0.5) is 5.95 Å². The van der Waals surface area contributed by atoms with Crippen LogP contribution in [-0.2, 0) is 5.41 Å². The SMILES string of the molecule is CC(C)(C)c1cn(C2CCC(O)CC2)c2nc(N)ncc12. The first-order chi connectivity index (χ1) is 9.86. The van der Waals surface area contributed by atoms with Crippen molar-refractivity contribution in [3.63, 3.8) is 0 Å². The molecule has 1 fully saturated rings. The number of rotatable bonds is 1. The van der Waals surface area contributed by atoms with Gasteiger partial charge in [0.1, 0.15) is 5.65 Å². The molecule has 1 aliphatic rings. The molecule has 3 N–H and O–H groups in total. The van der Waals surface area contributed by atoms with E-state index in [0.29, 0.717) is 12.0 Å². The van der Waals surface area contributed by atoms with Crippen molar-refractivity contribution in [3.8, 4) is 0 Å². The molecule has 0 unspecified atom stereocenters. The molecule has 0 saturated heterocycles. The molecule has 5 heteroatoms. The van der Waals surface area contributed by atoms with E-state index in [1.165, 1.54) is 5.56 Å². The molecule has 2 aromatic rings. The molecule has 0 radical (unpaired) electrons. The third kappa shape index (κ3) is 2.62. The van der Waals surface area contributed by atoms with Gasteiger partial charge >= 0.3 is 0 Å². The summed E-state index contributed by atoms with van der Waals surface area (Å²) < 4.78 is 2.25.